The number of amides is 1. The zero-order valence-electron chi connectivity index (χ0n) is 23.5. The molecule has 12 heteroatoms. The van der Waals surface area contributed by atoms with Crippen LogP contribution in [0.2, 0.25) is 0 Å². The summed E-state index contributed by atoms with van der Waals surface area (Å²) in [5.74, 6) is -11.5. The molecule has 44 heavy (non-hydrogen) atoms. The third-order valence-corrected chi connectivity index (χ3v) is 9.39. The van der Waals surface area contributed by atoms with Gasteiger partial charge in [0, 0.05) is 11.3 Å². The molecule has 0 aliphatic heterocycles. The lowest BCUT2D eigenvalue weighted by atomic mass is 9.52. The predicted molar refractivity (Wildman–Crippen MR) is 149 cm³/mol. The number of aromatic hydroxyl groups is 1. The van der Waals surface area contributed by atoms with Gasteiger partial charge in [0.2, 0.25) is 5.91 Å². The van der Waals surface area contributed by atoms with E-state index in [1.807, 2.05) is 0 Å². The number of fused-ring (bicyclic) bond motifs is 4. The molecule has 0 radical (unpaired) electrons. The molecule has 3 aliphatic carbocycles. The highest BCUT2D eigenvalue weighted by Gasteiger charge is 2.69. The first-order valence-corrected chi connectivity index (χ1v) is 13.9. The second kappa shape index (κ2) is 9.80. The number of halogens is 3. The number of phenolic OH excluding ortho intramolecular Hbond substituents is 1. The van der Waals surface area contributed by atoms with Gasteiger partial charge >= 0.3 is 6.18 Å². The fourth-order valence-corrected chi connectivity index (χ4v) is 7.43. The van der Waals surface area contributed by atoms with Gasteiger partial charge in [0.15, 0.2) is 34.7 Å². The minimum absolute atomic E-state index is 0.0722. The van der Waals surface area contributed by atoms with Crippen molar-refractivity contribution in [3.8, 4) is 16.9 Å². The Morgan fingerprint density at radius 3 is 2.32 bits per heavy atom. The van der Waals surface area contributed by atoms with E-state index in [0.29, 0.717) is 16.5 Å². The number of hydrogen-bond donors (Lipinski definition) is 3. The van der Waals surface area contributed by atoms with E-state index in [4.69, 9.17) is 5.73 Å². The number of alkyl halides is 3. The van der Waals surface area contributed by atoms with Crippen LogP contribution in [0.4, 0.5) is 13.2 Å². The van der Waals surface area contributed by atoms with Gasteiger partial charge in [0.25, 0.3) is 0 Å². The third kappa shape index (κ3) is 4.11. The van der Waals surface area contributed by atoms with Crippen LogP contribution in [0.5, 0.6) is 5.75 Å². The minimum atomic E-state index is -4.57. The monoisotopic (exact) mass is 608 g/mol. The van der Waals surface area contributed by atoms with Crippen LogP contribution in [-0.2, 0) is 31.8 Å². The fourth-order valence-electron chi connectivity index (χ4n) is 7.43. The average molecular weight is 609 g/mol. The summed E-state index contributed by atoms with van der Waals surface area (Å²) in [7, 11) is 3.01. The van der Waals surface area contributed by atoms with Gasteiger partial charge in [-0.05, 0) is 73.1 Å². The summed E-state index contributed by atoms with van der Waals surface area (Å²) in [4.78, 5) is 68.1. The van der Waals surface area contributed by atoms with Gasteiger partial charge in [-0.3, -0.25) is 28.9 Å². The Labute approximate surface area is 248 Å². The number of hydrogen-bond acceptors (Lipinski definition) is 8. The third-order valence-electron chi connectivity index (χ3n) is 9.39. The van der Waals surface area contributed by atoms with Crippen molar-refractivity contribution in [3.05, 3.63) is 65.2 Å². The number of nitrogens with zero attached hydrogens (tertiary/aromatic N) is 1. The highest BCUT2D eigenvalue weighted by atomic mass is 19.4. The number of rotatable bonds is 3. The molecule has 1 amide bonds. The van der Waals surface area contributed by atoms with Gasteiger partial charge in [-0.25, -0.2) is 0 Å². The quantitative estimate of drug-likeness (QED) is 0.384. The standard InChI is InChI=1S/C32H27F3N2O7/c1-37(2)24-20-12-17-9-16-8-15-7-6-14(13-4-3-5-18(10-13)32(33,34)35)11-19(15)25(38)21(16)26(39)22(17)28(41)31(20,44)29(42)23(27(24)40)30(36)43/h3-8,10-11,17,20,22-24,38,44H,9,12H2,1-2H3,(H2,36,43). The summed E-state index contributed by atoms with van der Waals surface area (Å²) < 4.78 is 39.9. The number of primary amides is 1. The molecule has 4 N–H and O–H groups in total. The van der Waals surface area contributed by atoms with Crippen molar-refractivity contribution in [2.75, 3.05) is 14.1 Å². The highest BCUT2D eigenvalue weighted by Crippen LogP contribution is 2.51. The molecular weight excluding hydrogens is 581 g/mol. The topological polar surface area (TPSA) is 155 Å². The molecule has 3 aromatic carbocycles. The Balaban J connectivity index is 1.45. The number of aliphatic hydroxyl groups is 1. The van der Waals surface area contributed by atoms with E-state index in [2.05, 4.69) is 0 Å². The van der Waals surface area contributed by atoms with Gasteiger partial charge < -0.3 is 15.9 Å². The molecule has 6 atom stereocenters. The van der Waals surface area contributed by atoms with Gasteiger partial charge in [0.1, 0.15) is 5.75 Å². The second-order valence-corrected chi connectivity index (χ2v) is 12.1. The van der Waals surface area contributed by atoms with Crippen LogP contribution in [-0.4, -0.2) is 69.9 Å². The fraction of sp³-hybridized carbons (Fsp3) is 0.344. The van der Waals surface area contributed by atoms with Crippen LogP contribution in [0, 0.1) is 23.7 Å². The number of phenols is 1. The first kappa shape index (κ1) is 29.6. The van der Waals surface area contributed by atoms with Crippen LogP contribution in [0.1, 0.15) is 27.9 Å². The zero-order valence-corrected chi connectivity index (χ0v) is 23.5. The van der Waals surface area contributed by atoms with Crippen LogP contribution in [0.15, 0.2) is 48.5 Å². The number of carbonyl (C=O) groups excluding carboxylic acids is 5. The van der Waals surface area contributed by atoms with Crippen molar-refractivity contribution in [2.45, 2.75) is 30.7 Å². The largest absolute Gasteiger partial charge is 0.507 e. The Hall–Kier alpha value is -4.42. The molecule has 0 aromatic heterocycles. The van der Waals surface area contributed by atoms with E-state index in [1.165, 1.54) is 37.2 Å². The highest BCUT2D eigenvalue weighted by molar-refractivity contribution is 6.32. The number of likely N-dealkylation sites (N-methyl/N-ethyl adjacent to an activating group) is 1. The van der Waals surface area contributed by atoms with E-state index >= 15 is 0 Å². The molecule has 228 valence electrons. The summed E-state index contributed by atoms with van der Waals surface area (Å²) in [5.41, 5.74) is 2.44. The molecular formula is C32H27F3N2O7. The molecule has 3 aliphatic rings. The lowest BCUT2D eigenvalue weighted by Gasteiger charge is -2.52. The molecule has 0 spiro atoms. The van der Waals surface area contributed by atoms with Crippen LogP contribution >= 0.6 is 0 Å². The molecule has 0 heterocycles. The molecule has 2 fully saturated rings. The van der Waals surface area contributed by atoms with Gasteiger partial charge in [0.05, 0.1) is 23.1 Å². The molecule has 0 bridgehead atoms. The molecule has 0 saturated heterocycles. The maximum absolute atomic E-state index is 14.0. The van der Waals surface area contributed by atoms with Gasteiger partial charge in [-0.15, -0.1) is 0 Å². The molecule has 6 unspecified atom stereocenters. The zero-order chi connectivity index (χ0) is 32.0. The Bertz CT molecular complexity index is 1820. The smallest absolute Gasteiger partial charge is 0.416 e. The molecule has 6 rings (SSSR count). The maximum atomic E-state index is 14.0. The summed E-state index contributed by atoms with van der Waals surface area (Å²) in [5, 5.41) is 23.7. The SMILES string of the molecule is CN(C)C1C(=O)C(C(N)=O)C(=O)C2(O)C(=O)C3C(=O)c4c(cc5ccc(-c6cccc(C(F)(F)F)c6)cc5c4O)CC3CC12. The van der Waals surface area contributed by atoms with Gasteiger partial charge in [-0.1, -0.05) is 30.3 Å². The summed E-state index contributed by atoms with van der Waals surface area (Å²) >= 11 is 0. The van der Waals surface area contributed by atoms with Crippen molar-refractivity contribution in [1.29, 1.82) is 0 Å². The molecule has 3 aromatic rings. The number of benzene rings is 3. The number of Topliss-reactive ketones (excluding diaryl/α,β-unsaturated/α-hetero) is 4. The average Bonchev–Trinajstić information content (AvgIpc) is 2.94. The maximum Gasteiger partial charge on any atom is 0.416 e. The summed E-state index contributed by atoms with van der Waals surface area (Å²) in [6.45, 7) is 0. The Morgan fingerprint density at radius 1 is 1.00 bits per heavy atom. The predicted octanol–water partition coefficient (Wildman–Crippen LogP) is 2.71. The van der Waals surface area contributed by atoms with E-state index in [-0.39, 0.29) is 29.4 Å². The normalized spacial score (nSPS) is 28.6. The van der Waals surface area contributed by atoms with Crippen LogP contribution in [0.25, 0.3) is 21.9 Å². The number of nitrogens with two attached hydrogens (primary N) is 1. The van der Waals surface area contributed by atoms with Crippen LogP contribution < -0.4 is 5.73 Å². The number of carbonyl (C=O) groups is 5. The van der Waals surface area contributed by atoms with Crippen molar-refractivity contribution in [1.82, 2.24) is 4.90 Å². The lowest BCUT2D eigenvalue weighted by Crippen LogP contribution is -2.74. The van der Waals surface area contributed by atoms with Crippen molar-refractivity contribution >= 4 is 39.8 Å². The first-order chi connectivity index (χ1) is 20.6. The first-order valence-electron chi connectivity index (χ1n) is 13.9. The van der Waals surface area contributed by atoms with Crippen LogP contribution in [0.3, 0.4) is 0 Å². The minimum Gasteiger partial charge on any atom is -0.507 e. The van der Waals surface area contributed by atoms with Crippen molar-refractivity contribution in [3.63, 3.8) is 0 Å². The van der Waals surface area contributed by atoms with E-state index in [9.17, 15) is 47.4 Å². The Morgan fingerprint density at radius 2 is 1.68 bits per heavy atom. The van der Waals surface area contributed by atoms with E-state index in [0.717, 1.165) is 12.1 Å². The Kier molecular flexibility index (Phi) is 6.60. The van der Waals surface area contributed by atoms with Gasteiger partial charge in [-0.2, -0.15) is 13.2 Å². The second-order valence-electron chi connectivity index (χ2n) is 12.1. The summed E-state index contributed by atoms with van der Waals surface area (Å²) in [6.07, 6.45) is -4.54. The number of ketones is 4. The van der Waals surface area contributed by atoms with E-state index in [1.54, 1.807) is 18.2 Å². The summed E-state index contributed by atoms with van der Waals surface area (Å²) in [6, 6.07) is 9.75. The molecule has 9 nitrogen and oxygen atoms in total. The molecule has 2 saturated carbocycles. The van der Waals surface area contributed by atoms with Crippen molar-refractivity contribution in [2.24, 2.45) is 29.4 Å². The van der Waals surface area contributed by atoms with E-state index < -0.39 is 81.8 Å². The van der Waals surface area contributed by atoms with Crippen molar-refractivity contribution < 1.29 is 47.4 Å². The lowest BCUT2D eigenvalue weighted by molar-refractivity contribution is -0.181.